The van der Waals surface area contributed by atoms with E-state index in [-0.39, 0.29) is 12.0 Å². The summed E-state index contributed by atoms with van der Waals surface area (Å²) in [7, 11) is 0. The van der Waals surface area contributed by atoms with Crippen LogP contribution in [0, 0.1) is 29.5 Å². The van der Waals surface area contributed by atoms with Crippen molar-refractivity contribution in [3.63, 3.8) is 0 Å². The largest absolute Gasteiger partial charge is 0.456 e. The lowest BCUT2D eigenvalue weighted by Crippen LogP contribution is -2.38. The molecule has 0 unspecified atom stereocenters. The number of ether oxygens (including phenoxy) is 2. The number of halogens is 5. The topological polar surface area (TPSA) is 18.5 Å². The fraction of sp³-hybridized carbons (Fsp3) is 0.680. The third-order valence-electron chi connectivity index (χ3n) is 7.20. The number of hydrogen-bond donors (Lipinski definition) is 0. The molecule has 180 valence electrons. The molecule has 32 heavy (non-hydrogen) atoms. The van der Waals surface area contributed by atoms with Gasteiger partial charge in [0.05, 0.1) is 5.92 Å². The van der Waals surface area contributed by atoms with Crippen molar-refractivity contribution < 1.29 is 31.4 Å². The van der Waals surface area contributed by atoms with E-state index in [4.69, 9.17) is 4.74 Å². The van der Waals surface area contributed by atoms with Gasteiger partial charge in [-0.15, -0.1) is 0 Å². The van der Waals surface area contributed by atoms with Gasteiger partial charge in [-0.1, -0.05) is 39.0 Å². The first-order valence-corrected chi connectivity index (χ1v) is 11.8. The van der Waals surface area contributed by atoms with Crippen LogP contribution in [0.4, 0.5) is 22.0 Å². The van der Waals surface area contributed by atoms with Gasteiger partial charge in [0.1, 0.15) is 5.75 Å². The predicted molar refractivity (Wildman–Crippen MR) is 113 cm³/mol. The van der Waals surface area contributed by atoms with Crippen molar-refractivity contribution in [2.75, 3.05) is 0 Å². The highest BCUT2D eigenvalue weighted by molar-refractivity contribution is 5.33. The van der Waals surface area contributed by atoms with Crippen LogP contribution in [0.25, 0.3) is 0 Å². The minimum atomic E-state index is -3.41. The second-order valence-electron chi connectivity index (χ2n) is 9.32. The Morgan fingerprint density at radius 2 is 1.62 bits per heavy atom. The lowest BCUT2D eigenvalue weighted by Gasteiger charge is -2.39. The Morgan fingerprint density at radius 1 is 1.00 bits per heavy atom. The lowest BCUT2D eigenvalue weighted by molar-refractivity contribution is -0.224. The molecule has 0 radical (unpaired) electrons. The standard InChI is InChI=1S/C25H33F5O2/c1-2-3-4-17-5-7-18(8-6-17)19-9-11-20(12-10-19)25(29,30)32-21-13-14-23(22(26)15-21)31-16-24(27)28/h13-20H,2-12H2,1H3. The molecule has 3 rings (SSSR count). The van der Waals surface area contributed by atoms with E-state index in [9.17, 15) is 22.0 Å². The molecule has 0 bridgehead atoms. The number of rotatable bonds is 9. The van der Waals surface area contributed by atoms with Crippen LogP contribution in [0.2, 0.25) is 0 Å². The highest BCUT2D eigenvalue weighted by Gasteiger charge is 2.45. The van der Waals surface area contributed by atoms with Crippen molar-refractivity contribution in [1.29, 1.82) is 0 Å². The van der Waals surface area contributed by atoms with Gasteiger partial charge >= 0.3 is 12.2 Å². The third kappa shape index (κ3) is 6.85. The Morgan fingerprint density at radius 3 is 2.19 bits per heavy atom. The third-order valence-corrected chi connectivity index (χ3v) is 7.20. The maximum atomic E-state index is 14.7. The van der Waals surface area contributed by atoms with Gasteiger partial charge in [-0.25, -0.2) is 4.39 Å². The predicted octanol–water partition coefficient (Wildman–Crippen LogP) is 8.72. The maximum absolute atomic E-state index is 14.7. The van der Waals surface area contributed by atoms with Crippen LogP contribution >= 0.6 is 0 Å². The number of benzene rings is 1. The van der Waals surface area contributed by atoms with Gasteiger partial charge in [-0.3, -0.25) is 0 Å². The Balaban J connectivity index is 1.48. The molecule has 0 amide bonds. The smallest absolute Gasteiger partial charge is 0.400 e. The summed E-state index contributed by atoms with van der Waals surface area (Å²) in [6, 6.07) is 2.82. The van der Waals surface area contributed by atoms with E-state index in [0.29, 0.717) is 24.7 Å². The second kappa shape index (κ2) is 11.4. The molecule has 0 atom stereocenters. The SMILES string of the molecule is CCCCC1CCC(C2CCC(C(F)(F)Oc3ccc(OC=C(F)F)c(F)c3)CC2)CC1. The van der Waals surface area contributed by atoms with Crippen molar-refractivity contribution >= 4 is 0 Å². The maximum Gasteiger partial charge on any atom is 0.400 e. The molecule has 0 aliphatic heterocycles. The second-order valence-corrected chi connectivity index (χ2v) is 9.32. The van der Waals surface area contributed by atoms with Crippen LogP contribution in [0.15, 0.2) is 30.5 Å². The van der Waals surface area contributed by atoms with Gasteiger partial charge in [0.15, 0.2) is 17.8 Å². The van der Waals surface area contributed by atoms with Crippen LogP contribution in [0.1, 0.15) is 77.6 Å². The molecule has 0 heterocycles. The number of hydrogen-bond acceptors (Lipinski definition) is 2. The Labute approximate surface area is 187 Å². The van der Waals surface area contributed by atoms with E-state index >= 15 is 0 Å². The first-order valence-electron chi connectivity index (χ1n) is 11.8. The molecular formula is C25H33F5O2. The average molecular weight is 461 g/mol. The van der Waals surface area contributed by atoms with E-state index in [2.05, 4.69) is 11.7 Å². The van der Waals surface area contributed by atoms with E-state index in [1.807, 2.05) is 0 Å². The molecule has 0 spiro atoms. The molecule has 7 heteroatoms. The van der Waals surface area contributed by atoms with Crippen LogP contribution in [-0.2, 0) is 0 Å². The minimum Gasteiger partial charge on any atom is -0.456 e. The van der Waals surface area contributed by atoms with E-state index in [1.165, 1.54) is 44.9 Å². The van der Waals surface area contributed by atoms with Crippen molar-refractivity contribution in [1.82, 2.24) is 0 Å². The van der Waals surface area contributed by atoms with Gasteiger partial charge in [0.2, 0.25) is 0 Å². The molecule has 2 aliphatic carbocycles. The van der Waals surface area contributed by atoms with E-state index < -0.39 is 29.7 Å². The molecule has 0 saturated heterocycles. The fourth-order valence-electron chi connectivity index (χ4n) is 5.36. The Kier molecular flexibility index (Phi) is 8.83. The summed E-state index contributed by atoms with van der Waals surface area (Å²) in [5.41, 5.74) is 0. The Bertz CT molecular complexity index is 747. The first kappa shape index (κ1) is 24.8. The average Bonchev–Trinajstić information content (AvgIpc) is 2.77. The van der Waals surface area contributed by atoms with Crippen molar-refractivity contribution in [2.45, 2.75) is 83.7 Å². The molecular weight excluding hydrogens is 427 g/mol. The van der Waals surface area contributed by atoms with E-state index in [0.717, 1.165) is 37.0 Å². The van der Waals surface area contributed by atoms with Gasteiger partial charge in [-0.2, -0.15) is 17.6 Å². The van der Waals surface area contributed by atoms with Gasteiger partial charge in [0.25, 0.3) is 0 Å². The molecule has 0 N–H and O–H groups in total. The summed E-state index contributed by atoms with van der Waals surface area (Å²) in [5, 5.41) is 0. The normalized spacial score (nSPS) is 26.4. The van der Waals surface area contributed by atoms with Crippen LogP contribution in [-0.4, -0.2) is 6.11 Å². The summed E-state index contributed by atoms with van der Waals surface area (Å²) in [6.07, 6.45) is 5.67. The van der Waals surface area contributed by atoms with Crippen LogP contribution in [0.5, 0.6) is 11.5 Å². The highest BCUT2D eigenvalue weighted by atomic mass is 19.3. The molecule has 0 aromatic heterocycles. The Hall–Kier alpha value is -1.79. The molecule has 1 aromatic rings. The zero-order valence-electron chi connectivity index (χ0n) is 18.6. The van der Waals surface area contributed by atoms with E-state index in [1.54, 1.807) is 0 Å². The summed E-state index contributed by atoms with van der Waals surface area (Å²) in [4.78, 5) is 0. The summed E-state index contributed by atoms with van der Waals surface area (Å²) in [6.45, 7) is 2.22. The highest BCUT2D eigenvalue weighted by Crippen LogP contribution is 2.46. The van der Waals surface area contributed by atoms with Crippen LogP contribution < -0.4 is 9.47 Å². The quantitative estimate of drug-likeness (QED) is 0.271. The number of alkyl halides is 2. The van der Waals surface area contributed by atoms with Gasteiger partial charge in [-0.05, 0) is 68.4 Å². The molecule has 2 saturated carbocycles. The number of unbranched alkanes of at least 4 members (excludes halogenated alkanes) is 1. The summed E-state index contributed by atoms with van der Waals surface area (Å²) < 4.78 is 76.8. The van der Waals surface area contributed by atoms with Crippen molar-refractivity contribution in [2.24, 2.45) is 23.7 Å². The molecule has 2 aliphatic rings. The zero-order valence-corrected chi connectivity index (χ0v) is 18.6. The zero-order chi connectivity index (χ0) is 23.1. The fourth-order valence-corrected chi connectivity index (χ4v) is 5.36. The monoisotopic (exact) mass is 460 g/mol. The molecule has 2 nitrogen and oxygen atoms in total. The minimum absolute atomic E-state index is 0.0870. The van der Waals surface area contributed by atoms with Crippen LogP contribution in [0.3, 0.4) is 0 Å². The van der Waals surface area contributed by atoms with Crippen molar-refractivity contribution in [3.8, 4) is 11.5 Å². The molecule has 1 aromatic carbocycles. The summed E-state index contributed by atoms with van der Waals surface area (Å²) in [5.74, 6) is -0.809. The van der Waals surface area contributed by atoms with Crippen molar-refractivity contribution in [3.05, 3.63) is 36.4 Å². The molecule has 2 fully saturated rings. The first-order chi connectivity index (χ1) is 15.3. The van der Waals surface area contributed by atoms with Gasteiger partial charge < -0.3 is 9.47 Å². The lowest BCUT2D eigenvalue weighted by atomic mass is 9.68. The summed E-state index contributed by atoms with van der Waals surface area (Å²) >= 11 is 0. The van der Waals surface area contributed by atoms with Gasteiger partial charge in [0, 0.05) is 6.07 Å².